The Balaban J connectivity index is 2.65. The third-order valence-corrected chi connectivity index (χ3v) is 4.98. The molecule has 0 bridgehead atoms. The van der Waals surface area contributed by atoms with Gasteiger partial charge >= 0.3 is 5.97 Å². The van der Waals surface area contributed by atoms with E-state index < -0.39 is 24.2 Å². The average Bonchev–Trinajstić information content (AvgIpc) is 2.68. The van der Waals surface area contributed by atoms with Gasteiger partial charge in [-0.1, -0.05) is 57.0 Å². The Bertz CT molecular complexity index is 587. The minimum Gasteiger partial charge on any atom is -0.463 e. The Labute approximate surface area is 174 Å². The lowest BCUT2D eigenvalue weighted by molar-refractivity contribution is -0.139. The van der Waals surface area contributed by atoms with Crippen LogP contribution < -0.4 is 5.32 Å². The van der Waals surface area contributed by atoms with Crippen molar-refractivity contribution in [2.45, 2.75) is 96.7 Å². The second-order valence-corrected chi connectivity index (χ2v) is 7.43. The summed E-state index contributed by atoms with van der Waals surface area (Å²) in [6.07, 6.45) is 10.9. The molecular weight excluding hydrogens is 372 g/mol. The summed E-state index contributed by atoms with van der Waals surface area (Å²) >= 11 is 0. The maximum Gasteiger partial charge on any atom is 0.333 e. The predicted molar refractivity (Wildman–Crippen MR) is 112 cm³/mol. The zero-order valence-corrected chi connectivity index (χ0v) is 18.1. The minimum atomic E-state index is -0.600. The van der Waals surface area contributed by atoms with Crippen LogP contribution in [0.5, 0.6) is 0 Å². The molecule has 1 N–H and O–H groups in total. The standard InChI is InChI=1S/C21H36N4O4/c1-4-6-7-8-9-10-11-12-13-29-19-15-17(21(27)28-5-2)14-18(24-25-22)20(19)23-16(3)26/h15,18-20H,4-14H2,1-3H3,(H,23,26)/t18-,19+,20+/m0/s1. The first kappa shape index (κ1) is 25.0. The largest absolute Gasteiger partial charge is 0.463 e. The van der Waals surface area contributed by atoms with E-state index in [2.05, 4.69) is 22.3 Å². The lowest BCUT2D eigenvalue weighted by Crippen LogP contribution is -2.52. The van der Waals surface area contributed by atoms with Gasteiger partial charge in [0.05, 0.1) is 24.8 Å². The maximum atomic E-state index is 12.2. The first-order chi connectivity index (χ1) is 14.0. The van der Waals surface area contributed by atoms with E-state index in [1.54, 1.807) is 13.0 Å². The van der Waals surface area contributed by atoms with Gasteiger partial charge in [-0.3, -0.25) is 4.79 Å². The van der Waals surface area contributed by atoms with E-state index in [1.807, 2.05) is 0 Å². The van der Waals surface area contributed by atoms with Crippen LogP contribution in [-0.4, -0.2) is 43.3 Å². The molecule has 0 radical (unpaired) electrons. The molecule has 0 aromatic rings. The molecule has 1 aliphatic carbocycles. The van der Waals surface area contributed by atoms with E-state index in [9.17, 15) is 9.59 Å². The van der Waals surface area contributed by atoms with E-state index in [-0.39, 0.29) is 18.9 Å². The number of hydrogen-bond acceptors (Lipinski definition) is 5. The first-order valence-corrected chi connectivity index (χ1v) is 10.8. The molecule has 0 saturated carbocycles. The van der Waals surface area contributed by atoms with Crippen molar-refractivity contribution in [3.05, 3.63) is 22.1 Å². The van der Waals surface area contributed by atoms with Crippen molar-refractivity contribution in [2.24, 2.45) is 5.11 Å². The number of esters is 1. The Hall–Kier alpha value is -2.05. The Morgan fingerprint density at radius 1 is 1.17 bits per heavy atom. The number of carbonyl (C=O) groups excluding carboxylic acids is 2. The van der Waals surface area contributed by atoms with Crippen LogP contribution >= 0.6 is 0 Å². The van der Waals surface area contributed by atoms with Crippen LogP contribution in [-0.2, 0) is 19.1 Å². The van der Waals surface area contributed by atoms with Crippen molar-refractivity contribution < 1.29 is 19.1 Å². The van der Waals surface area contributed by atoms with Crippen molar-refractivity contribution in [3.63, 3.8) is 0 Å². The zero-order valence-electron chi connectivity index (χ0n) is 18.1. The summed E-state index contributed by atoms with van der Waals surface area (Å²) in [7, 11) is 0. The van der Waals surface area contributed by atoms with Crippen molar-refractivity contribution in [2.75, 3.05) is 13.2 Å². The van der Waals surface area contributed by atoms with Gasteiger partial charge in [-0.05, 0) is 31.4 Å². The van der Waals surface area contributed by atoms with E-state index in [4.69, 9.17) is 15.0 Å². The fraction of sp³-hybridized carbons (Fsp3) is 0.810. The number of rotatable bonds is 14. The van der Waals surface area contributed by atoms with Gasteiger partial charge in [0.2, 0.25) is 5.91 Å². The predicted octanol–water partition coefficient (Wildman–Crippen LogP) is 4.59. The molecule has 0 spiro atoms. The van der Waals surface area contributed by atoms with Gasteiger partial charge in [-0.25, -0.2) is 4.79 Å². The minimum absolute atomic E-state index is 0.214. The van der Waals surface area contributed by atoms with E-state index >= 15 is 0 Å². The molecule has 1 amide bonds. The number of nitrogens with zero attached hydrogens (tertiary/aromatic N) is 3. The molecule has 8 heteroatoms. The monoisotopic (exact) mass is 408 g/mol. The number of amides is 1. The zero-order chi connectivity index (χ0) is 21.5. The van der Waals surface area contributed by atoms with Crippen molar-refractivity contribution >= 4 is 11.9 Å². The molecule has 8 nitrogen and oxygen atoms in total. The quantitative estimate of drug-likeness (QED) is 0.149. The Morgan fingerprint density at radius 2 is 1.83 bits per heavy atom. The topological polar surface area (TPSA) is 113 Å². The van der Waals surface area contributed by atoms with Gasteiger partial charge in [0.1, 0.15) is 0 Å². The molecule has 0 unspecified atom stereocenters. The second kappa shape index (κ2) is 14.9. The average molecular weight is 409 g/mol. The first-order valence-electron chi connectivity index (χ1n) is 10.8. The molecular formula is C21H36N4O4. The van der Waals surface area contributed by atoms with Crippen molar-refractivity contribution in [1.82, 2.24) is 5.32 Å². The molecule has 0 aromatic carbocycles. The number of unbranched alkanes of at least 4 members (excludes halogenated alkanes) is 7. The molecule has 3 atom stereocenters. The van der Waals surface area contributed by atoms with Crippen molar-refractivity contribution in [1.29, 1.82) is 0 Å². The Kier molecular flexibility index (Phi) is 12.8. The van der Waals surface area contributed by atoms with Crippen LogP contribution in [0.15, 0.2) is 16.8 Å². The van der Waals surface area contributed by atoms with E-state index in [1.165, 1.54) is 45.4 Å². The van der Waals surface area contributed by atoms with Crippen LogP contribution in [0.25, 0.3) is 10.4 Å². The smallest absolute Gasteiger partial charge is 0.333 e. The molecule has 0 aliphatic heterocycles. The highest BCUT2D eigenvalue weighted by Crippen LogP contribution is 2.26. The number of azide groups is 1. The summed E-state index contributed by atoms with van der Waals surface area (Å²) < 4.78 is 11.1. The second-order valence-electron chi connectivity index (χ2n) is 7.43. The molecule has 0 heterocycles. The maximum absolute atomic E-state index is 12.2. The highest BCUT2D eigenvalue weighted by atomic mass is 16.5. The Morgan fingerprint density at radius 3 is 2.41 bits per heavy atom. The van der Waals surface area contributed by atoms with E-state index in [0.29, 0.717) is 12.2 Å². The highest BCUT2D eigenvalue weighted by Gasteiger charge is 2.36. The summed E-state index contributed by atoms with van der Waals surface area (Å²) in [4.78, 5) is 26.7. The molecule has 164 valence electrons. The molecule has 0 fully saturated rings. The van der Waals surface area contributed by atoms with Gasteiger partial charge in [-0.2, -0.15) is 0 Å². The van der Waals surface area contributed by atoms with Gasteiger partial charge in [0.25, 0.3) is 0 Å². The molecule has 1 aliphatic rings. The van der Waals surface area contributed by atoms with E-state index in [0.717, 1.165) is 12.8 Å². The molecule has 1 rings (SSSR count). The normalized spacial score (nSPS) is 21.1. The fourth-order valence-electron chi connectivity index (χ4n) is 3.52. The van der Waals surface area contributed by atoms with Crippen LogP contribution in [0.4, 0.5) is 0 Å². The fourth-order valence-corrected chi connectivity index (χ4v) is 3.52. The van der Waals surface area contributed by atoms with Crippen LogP contribution in [0.2, 0.25) is 0 Å². The molecule has 29 heavy (non-hydrogen) atoms. The number of ether oxygens (including phenoxy) is 2. The highest BCUT2D eigenvalue weighted by molar-refractivity contribution is 5.89. The van der Waals surface area contributed by atoms with Crippen molar-refractivity contribution in [3.8, 4) is 0 Å². The van der Waals surface area contributed by atoms with Crippen LogP contribution in [0.1, 0.15) is 78.6 Å². The third-order valence-electron chi connectivity index (χ3n) is 4.98. The van der Waals surface area contributed by atoms with Gasteiger partial charge in [-0.15, -0.1) is 0 Å². The summed E-state index contributed by atoms with van der Waals surface area (Å²) in [6, 6.07) is -1.10. The SMILES string of the molecule is CCCCCCCCCCO[C@@H]1C=C(C(=O)OCC)C[C@H](N=[N+]=[N-])[C@H]1NC(C)=O. The van der Waals surface area contributed by atoms with Gasteiger partial charge < -0.3 is 14.8 Å². The summed E-state index contributed by atoms with van der Waals surface area (Å²) in [6.45, 7) is 6.15. The lowest BCUT2D eigenvalue weighted by Gasteiger charge is -2.34. The summed E-state index contributed by atoms with van der Waals surface area (Å²) in [5.74, 6) is -0.672. The number of nitrogens with one attached hydrogen (secondary N) is 1. The van der Waals surface area contributed by atoms with Gasteiger partial charge in [0, 0.05) is 24.0 Å². The number of hydrogen-bond donors (Lipinski definition) is 1. The summed E-state index contributed by atoms with van der Waals surface area (Å²) in [5, 5.41) is 6.60. The van der Waals surface area contributed by atoms with Gasteiger partial charge in [0.15, 0.2) is 0 Å². The molecule has 0 aromatic heterocycles. The lowest BCUT2D eigenvalue weighted by atomic mass is 9.88. The summed E-state index contributed by atoms with van der Waals surface area (Å²) in [5.41, 5.74) is 9.33. The number of carbonyl (C=O) groups is 2. The molecule has 0 saturated heterocycles. The third kappa shape index (κ3) is 9.81. The van der Waals surface area contributed by atoms with Crippen LogP contribution in [0, 0.1) is 0 Å². The van der Waals surface area contributed by atoms with Crippen LogP contribution in [0.3, 0.4) is 0 Å².